The zero-order valence-electron chi connectivity index (χ0n) is 27.3. The highest BCUT2D eigenvalue weighted by atomic mass is 35.5. The normalized spacial score (nSPS) is 16.5. The summed E-state index contributed by atoms with van der Waals surface area (Å²) in [4.78, 5) is 51.0. The first kappa shape index (κ1) is 32.9. The fourth-order valence-electron chi connectivity index (χ4n) is 7.23. The second kappa shape index (κ2) is 12.7. The third-order valence-electron chi connectivity index (χ3n) is 9.73. The van der Waals surface area contributed by atoms with E-state index in [1.807, 2.05) is 29.2 Å². The van der Waals surface area contributed by atoms with Crippen molar-refractivity contribution in [1.82, 2.24) is 29.2 Å². The molecule has 3 amide bonds. The molecule has 7 rings (SSSR count). The number of amides is 3. The van der Waals surface area contributed by atoms with Crippen LogP contribution in [-0.2, 0) is 31.4 Å². The number of ether oxygens (including phenoxy) is 1. The molecule has 0 bridgehead atoms. The average molecular weight is 705 g/mol. The van der Waals surface area contributed by atoms with Crippen molar-refractivity contribution in [2.45, 2.75) is 26.4 Å². The van der Waals surface area contributed by atoms with Gasteiger partial charge in [-0.05, 0) is 18.2 Å². The fraction of sp³-hybridized carbons (Fsp3) is 0.343. The molecule has 0 unspecified atom stereocenters. The maximum Gasteiger partial charge on any atom is 0.407 e. The summed E-state index contributed by atoms with van der Waals surface area (Å²) in [5, 5.41) is 12.9. The van der Waals surface area contributed by atoms with E-state index in [4.69, 9.17) is 27.9 Å². The number of halogens is 2. The summed E-state index contributed by atoms with van der Waals surface area (Å²) in [5.74, 6) is 0.564. The van der Waals surface area contributed by atoms with Crippen molar-refractivity contribution >= 4 is 46.8 Å². The molecule has 49 heavy (non-hydrogen) atoms. The molecule has 2 aromatic heterocycles. The third kappa shape index (κ3) is 5.98. The number of anilines is 1. The van der Waals surface area contributed by atoms with Gasteiger partial charge in [0.2, 0.25) is 5.91 Å². The summed E-state index contributed by atoms with van der Waals surface area (Å²) in [6.07, 6.45) is 1.11. The molecule has 2 N–H and O–H groups in total. The molecular weight excluding hydrogens is 669 g/mol. The van der Waals surface area contributed by atoms with Gasteiger partial charge in [-0.3, -0.25) is 19.5 Å². The first-order valence-electron chi connectivity index (χ1n) is 15.9. The van der Waals surface area contributed by atoms with Crippen molar-refractivity contribution in [2.24, 2.45) is 12.5 Å². The van der Waals surface area contributed by atoms with Crippen LogP contribution in [0.5, 0.6) is 5.75 Å². The van der Waals surface area contributed by atoms with Crippen molar-refractivity contribution in [2.75, 3.05) is 45.2 Å². The zero-order chi connectivity index (χ0) is 34.6. The number of carbonyl (C=O) groups excluding carboxylic acids is 2. The Balaban J connectivity index is 1.09. The van der Waals surface area contributed by atoms with Crippen LogP contribution >= 0.6 is 23.2 Å². The van der Waals surface area contributed by atoms with E-state index in [9.17, 15) is 19.5 Å². The van der Waals surface area contributed by atoms with Gasteiger partial charge in [0.25, 0.3) is 5.91 Å². The monoisotopic (exact) mass is 703 g/mol. The number of likely N-dealkylation sites (tertiary alicyclic amines) is 2. The summed E-state index contributed by atoms with van der Waals surface area (Å²) < 4.78 is 7.48. The maximum absolute atomic E-state index is 13.4. The number of nitrogens with one attached hydrogen (secondary N) is 1. The van der Waals surface area contributed by atoms with Gasteiger partial charge in [-0.1, -0.05) is 47.5 Å². The van der Waals surface area contributed by atoms with Crippen LogP contribution in [0.15, 0.2) is 48.7 Å². The number of aromatic nitrogens is 3. The minimum absolute atomic E-state index is 0.126. The first-order valence-corrected chi connectivity index (χ1v) is 16.6. The van der Waals surface area contributed by atoms with Gasteiger partial charge in [-0.25, -0.2) is 9.78 Å². The van der Waals surface area contributed by atoms with Crippen LogP contribution in [-0.4, -0.2) is 92.1 Å². The number of hydrogen-bond donors (Lipinski definition) is 2. The van der Waals surface area contributed by atoms with Crippen LogP contribution in [0, 0.1) is 5.41 Å². The number of fused-ring (bicyclic) bond motifs is 1. The number of imidazole rings is 1. The van der Waals surface area contributed by atoms with Crippen molar-refractivity contribution in [3.8, 4) is 28.1 Å². The van der Waals surface area contributed by atoms with Crippen LogP contribution in [0.25, 0.3) is 22.4 Å². The Hall–Kier alpha value is -4.65. The number of carbonyl (C=O) groups is 3. The predicted molar refractivity (Wildman–Crippen MR) is 185 cm³/mol. The lowest BCUT2D eigenvalue weighted by Crippen LogP contribution is -2.72. The number of benzene rings is 2. The molecule has 2 fully saturated rings. The lowest BCUT2D eigenvalue weighted by atomic mass is 9.72. The van der Waals surface area contributed by atoms with Crippen molar-refractivity contribution in [1.29, 1.82) is 0 Å². The topological polar surface area (TPSA) is 133 Å². The van der Waals surface area contributed by atoms with Gasteiger partial charge in [0.1, 0.15) is 5.75 Å². The molecule has 3 aliphatic heterocycles. The molecule has 254 valence electrons. The van der Waals surface area contributed by atoms with Gasteiger partial charge < -0.3 is 29.5 Å². The number of methoxy groups -OCH3 is 1. The van der Waals surface area contributed by atoms with E-state index < -0.39 is 12.0 Å². The molecule has 1 spiro atoms. The highest BCUT2D eigenvalue weighted by Crippen LogP contribution is 2.43. The molecule has 0 radical (unpaired) electrons. The second-order valence-corrected chi connectivity index (χ2v) is 13.8. The standard InChI is InChI=1S/C35H35Cl2N7O5/c1-20(45)44-18-35(19-44)16-42(17-35)14-22-8-7-21(13-28(22)49-3)31-30(37)24(9-11-38-31)23-5-4-6-25(29(23)36)40-33(46)32-39-26-15-43(34(47)48)12-10-27(26)41(32)2/h4-9,11,13H,10,12,14-19H2,1-3H3,(H,40,46)(H,47,48). The van der Waals surface area contributed by atoms with E-state index >= 15 is 0 Å². The van der Waals surface area contributed by atoms with E-state index in [0.717, 1.165) is 55.3 Å². The SMILES string of the molecule is COc1cc(-c2nccc(-c3cccc(NC(=O)c4nc5c(n4C)CCN(C(=O)O)C5)c3Cl)c2Cl)ccc1CN1CC2(C1)CN(C(C)=O)C2. The molecule has 5 heterocycles. The quantitative estimate of drug-likeness (QED) is 0.261. The van der Waals surface area contributed by atoms with Gasteiger partial charge in [-0.2, -0.15) is 0 Å². The van der Waals surface area contributed by atoms with Crippen LogP contribution < -0.4 is 10.1 Å². The third-order valence-corrected chi connectivity index (χ3v) is 10.5. The molecule has 3 aliphatic rings. The van der Waals surface area contributed by atoms with Gasteiger partial charge in [0.05, 0.1) is 40.8 Å². The number of nitrogens with zero attached hydrogens (tertiary/aromatic N) is 6. The highest BCUT2D eigenvalue weighted by Gasteiger charge is 2.52. The first-order chi connectivity index (χ1) is 23.5. The van der Waals surface area contributed by atoms with Crippen LogP contribution in [0.2, 0.25) is 10.0 Å². The van der Waals surface area contributed by atoms with E-state index in [1.54, 1.807) is 50.0 Å². The minimum Gasteiger partial charge on any atom is -0.496 e. The number of hydrogen-bond acceptors (Lipinski definition) is 7. The van der Waals surface area contributed by atoms with E-state index in [-0.39, 0.29) is 23.7 Å². The summed E-state index contributed by atoms with van der Waals surface area (Å²) in [6.45, 7) is 6.38. The van der Waals surface area contributed by atoms with E-state index in [0.29, 0.717) is 51.2 Å². The Labute approximate surface area is 293 Å². The fourth-order valence-corrected chi connectivity index (χ4v) is 7.82. The lowest BCUT2D eigenvalue weighted by molar-refractivity contribution is -0.157. The highest BCUT2D eigenvalue weighted by molar-refractivity contribution is 6.39. The lowest BCUT2D eigenvalue weighted by Gasteiger charge is -2.60. The van der Waals surface area contributed by atoms with Crippen molar-refractivity contribution < 1.29 is 24.2 Å². The van der Waals surface area contributed by atoms with Gasteiger partial charge in [-0.15, -0.1) is 0 Å². The van der Waals surface area contributed by atoms with Crippen LogP contribution in [0.1, 0.15) is 34.5 Å². The Morgan fingerprint density at radius 2 is 1.78 bits per heavy atom. The minimum atomic E-state index is -1.02. The molecule has 2 saturated heterocycles. The van der Waals surface area contributed by atoms with E-state index in [1.165, 1.54) is 4.90 Å². The molecule has 0 aliphatic carbocycles. The zero-order valence-corrected chi connectivity index (χ0v) is 28.8. The Kier molecular flexibility index (Phi) is 8.50. The summed E-state index contributed by atoms with van der Waals surface area (Å²) in [7, 11) is 3.39. The summed E-state index contributed by atoms with van der Waals surface area (Å²) in [6, 6.07) is 13.0. The summed E-state index contributed by atoms with van der Waals surface area (Å²) >= 11 is 13.9. The number of carboxylic acid groups (broad SMARTS) is 1. The average Bonchev–Trinajstić information content (AvgIpc) is 3.38. The molecule has 14 heteroatoms. The Bertz CT molecular complexity index is 2000. The number of rotatable bonds is 7. The van der Waals surface area contributed by atoms with Crippen molar-refractivity contribution in [3.05, 3.63) is 81.5 Å². The maximum atomic E-state index is 13.4. The second-order valence-electron chi connectivity index (χ2n) is 13.0. The van der Waals surface area contributed by atoms with E-state index in [2.05, 4.69) is 20.2 Å². The Morgan fingerprint density at radius 1 is 1.02 bits per heavy atom. The molecule has 4 aromatic rings. The largest absolute Gasteiger partial charge is 0.496 e. The smallest absolute Gasteiger partial charge is 0.407 e. The number of pyridine rings is 1. The molecule has 0 saturated carbocycles. The molecular formula is C35H35Cl2N7O5. The van der Waals surface area contributed by atoms with Gasteiger partial charge >= 0.3 is 6.09 Å². The molecule has 0 atom stereocenters. The van der Waals surface area contributed by atoms with Gasteiger partial charge in [0.15, 0.2) is 5.82 Å². The van der Waals surface area contributed by atoms with Crippen LogP contribution in [0.3, 0.4) is 0 Å². The molecule has 2 aromatic carbocycles. The van der Waals surface area contributed by atoms with Gasteiger partial charge in [0, 0.05) is 99.2 Å². The van der Waals surface area contributed by atoms with Crippen molar-refractivity contribution in [3.63, 3.8) is 0 Å². The summed E-state index contributed by atoms with van der Waals surface area (Å²) in [5.41, 5.74) is 5.63. The molecule has 12 nitrogen and oxygen atoms in total. The predicted octanol–water partition coefficient (Wildman–Crippen LogP) is 5.42. The van der Waals surface area contributed by atoms with Crippen LogP contribution in [0.4, 0.5) is 10.5 Å². The Morgan fingerprint density at radius 3 is 2.49 bits per heavy atom.